The highest BCUT2D eigenvalue weighted by molar-refractivity contribution is 4.97. The van der Waals surface area contributed by atoms with Crippen molar-refractivity contribution in [3.63, 3.8) is 0 Å². The van der Waals surface area contributed by atoms with E-state index < -0.39 is 0 Å². The number of hydrogen-bond donors (Lipinski definition) is 2. The molecule has 0 fully saturated rings. The molecule has 0 aromatic carbocycles. The van der Waals surface area contributed by atoms with Crippen molar-refractivity contribution >= 4 is 0 Å². The van der Waals surface area contributed by atoms with E-state index in [-0.39, 0.29) is 18.7 Å². The van der Waals surface area contributed by atoms with E-state index in [2.05, 4.69) is 12.0 Å². The van der Waals surface area contributed by atoms with E-state index in [0.29, 0.717) is 0 Å². The molecular weight excluding hydrogens is 178 g/mol. The van der Waals surface area contributed by atoms with Gasteiger partial charge in [-0.05, 0) is 19.4 Å². The van der Waals surface area contributed by atoms with E-state index >= 15 is 0 Å². The Hall–Kier alpha value is -0.870. The highest BCUT2D eigenvalue weighted by Crippen LogP contribution is 2.13. The topological polar surface area (TPSA) is 64.1 Å². The minimum Gasteiger partial charge on any atom is -0.394 e. The van der Waals surface area contributed by atoms with Crippen LogP contribution in [0.2, 0.25) is 0 Å². The third kappa shape index (κ3) is 2.56. The molecular formula is C10H19N3O. The molecule has 1 rings (SSSR count). The average Bonchev–Trinajstić information content (AvgIpc) is 2.54. The van der Waals surface area contributed by atoms with E-state index in [1.54, 1.807) is 4.68 Å². The van der Waals surface area contributed by atoms with Crippen molar-refractivity contribution in [3.05, 3.63) is 18.0 Å². The van der Waals surface area contributed by atoms with Crippen LogP contribution in [-0.4, -0.2) is 27.5 Å². The number of aryl methyl sites for hydroxylation is 1. The Morgan fingerprint density at radius 3 is 2.79 bits per heavy atom. The van der Waals surface area contributed by atoms with Crippen molar-refractivity contribution in [1.82, 2.24) is 9.78 Å². The number of aliphatic hydroxyl groups is 1. The minimum atomic E-state index is -0.0938. The molecule has 1 heterocycles. The molecule has 0 aliphatic carbocycles. The molecule has 2 unspecified atom stereocenters. The maximum absolute atomic E-state index is 9.24. The third-order valence-electron chi connectivity index (χ3n) is 2.38. The van der Waals surface area contributed by atoms with Crippen LogP contribution < -0.4 is 5.73 Å². The van der Waals surface area contributed by atoms with Crippen LogP contribution in [0.3, 0.4) is 0 Å². The van der Waals surface area contributed by atoms with Gasteiger partial charge in [0, 0.05) is 12.2 Å². The van der Waals surface area contributed by atoms with E-state index in [4.69, 9.17) is 5.73 Å². The van der Waals surface area contributed by atoms with Gasteiger partial charge in [-0.15, -0.1) is 0 Å². The third-order valence-corrected chi connectivity index (χ3v) is 2.38. The summed E-state index contributed by atoms with van der Waals surface area (Å²) in [6, 6.07) is 1.80. The SMILES string of the molecule is CCCC(N)C(CO)n1ccc(C)n1. The normalized spacial score (nSPS) is 15.4. The van der Waals surface area contributed by atoms with Gasteiger partial charge in [0.1, 0.15) is 0 Å². The predicted octanol–water partition coefficient (Wildman–Crippen LogP) is 0.852. The molecule has 0 radical (unpaired) electrons. The zero-order chi connectivity index (χ0) is 10.6. The molecule has 0 saturated heterocycles. The van der Waals surface area contributed by atoms with Crippen LogP contribution in [0.5, 0.6) is 0 Å². The largest absolute Gasteiger partial charge is 0.394 e. The van der Waals surface area contributed by atoms with Crippen molar-refractivity contribution in [1.29, 1.82) is 0 Å². The first-order valence-electron chi connectivity index (χ1n) is 5.07. The first-order valence-corrected chi connectivity index (χ1v) is 5.07. The Labute approximate surface area is 84.7 Å². The molecule has 3 N–H and O–H groups in total. The quantitative estimate of drug-likeness (QED) is 0.735. The number of nitrogens with two attached hydrogens (primary N) is 1. The van der Waals surface area contributed by atoms with Crippen LogP contribution in [0.25, 0.3) is 0 Å². The summed E-state index contributed by atoms with van der Waals surface area (Å²) >= 11 is 0. The molecule has 0 amide bonds. The second-order valence-corrected chi connectivity index (χ2v) is 3.64. The summed E-state index contributed by atoms with van der Waals surface area (Å²) in [6.45, 7) is 4.06. The van der Waals surface area contributed by atoms with Gasteiger partial charge in [0.15, 0.2) is 0 Å². The Morgan fingerprint density at radius 1 is 1.64 bits per heavy atom. The van der Waals surface area contributed by atoms with Crippen molar-refractivity contribution in [2.75, 3.05) is 6.61 Å². The molecule has 0 aliphatic rings. The van der Waals surface area contributed by atoms with Crippen LogP contribution in [0.4, 0.5) is 0 Å². The van der Waals surface area contributed by atoms with Gasteiger partial charge >= 0.3 is 0 Å². The Morgan fingerprint density at radius 2 is 2.36 bits per heavy atom. The fourth-order valence-corrected chi connectivity index (χ4v) is 1.56. The number of rotatable bonds is 5. The summed E-state index contributed by atoms with van der Waals surface area (Å²) < 4.78 is 1.76. The van der Waals surface area contributed by atoms with E-state index in [1.807, 2.05) is 19.2 Å². The van der Waals surface area contributed by atoms with Crippen molar-refractivity contribution in [3.8, 4) is 0 Å². The molecule has 14 heavy (non-hydrogen) atoms. The molecule has 2 atom stereocenters. The lowest BCUT2D eigenvalue weighted by atomic mass is 10.1. The van der Waals surface area contributed by atoms with Crippen molar-refractivity contribution < 1.29 is 5.11 Å². The molecule has 1 aromatic rings. The van der Waals surface area contributed by atoms with Gasteiger partial charge in [-0.25, -0.2) is 0 Å². The fourth-order valence-electron chi connectivity index (χ4n) is 1.56. The molecule has 0 saturated carbocycles. The van der Waals surface area contributed by atoms with Crippen LogP contribution in [-0.2, 0) is 0 Å². The summed E-state index contributed by atoms with van der Waals surface area (Å²) in [4.78, 5) is 0. The standard InChI is InChI=1S/C10H19N3O/c1-3-4-9(11)10(7-14)13-6-5-8(2)12-13/h5-6,9-10,14H,3-4,7,11H2,1-2H3. The fraction of sp³-hybridized carbons (Fsp3) is 0.700. The maximum atomic E-state index is 9.24. The van der Waals surface area contributed by atoms with Crippen LogP contribution in [0.1, 0.15) is 31.5 Å². The van der Waals surface area contributed by atoms with Gasteiger partial charge in [0.2, 0.25) is 0 Å². The van der Waals surface area contributed by atoms with Crippen LogP contribution in [0, 0.1) is 6.92 Å². The van der Waals surface area contributed by atoms with Gasteiger partial charge in [-0.3, -0.25) is 4.68 Å². The molecule has 0 bridgehead atoms. The zero-order valence-electron chi connectivity index (χ0n) is 8.85. The summed E-state index contributed by atoms with van der Waals surface area (Å²) in [7, 11) is 0. The highest BCUT2D eigenvalue weighted by atomic mass is 16.3. The van der Waals surface area contributed by atoms with Crippen LogP contribution >= 0.6 is 0 Å². The van der Waals surface area contributed by atoms with Gasteiger partial charge in [-0.1, -0.05) is 13.3 Å². The van der Waals surface area contributed by atoms with Crippen LogP contribution in [0.15, 0.2) is 12.3 Å². The minimum absolute atomic E-state index is 0.0238. The van der Waals surface area contributed by atoms with Crippen molar-refractivity contribution in [2.24, 2.45) is 5.73 Å². The summed E-state index contributed by atoms with van der Waals surface area (Å²) in [6.07, 6.45) is 3.80. The maximum Gasteiger partial charge on any atom is 0.0900 e. The summed E-state index contributed by atoms with van der Waals surface area (Å²) in [5.41, 5.74) is 6.91. The molecule has 4 nitrogen and oxygen atoms in total. The molecule has 0 aliphatic heterocycles. The lowest BCUT2D eigenvalue weighted by Gasteiger charge is -2.21. The second kappa shape index (κ2) is 5.12. The van der Waals surface area contributed by atoms with Gasteiger partial charge in [-0.2, -0.15) is 5.10 Å². The Bertz CT molecular complexity index is 272. The smallest absolute Gasteiger partial charge is 0.0900 e. The molecule has 4 heteroatoms. The predicted molar refractivity (Wildman–Crippen MR) is 56.0 cm³/mol. The van der Waals surface area contributed by atoms with E-state index in [0.717, 1.165) is 18.5 Å². The van der Waals surface area contributed by atoms with Gasteiger partial charge < -0.3 is 10.8 Å². The lowest BCUT2D eigenvalue weighted by Crippen LogP contribution is -2.34. The number of hydrogen-bond acceptors (Lipinski definition) is 3. The number of aromatic nitrogens is 2. The Balaban J connectivity index is 2.71. The number of nitrogens with zero attached hydrogens (tertiary/aromatic N) is 2. The first-order chi connectivity index (χ1) is 6.69. The Kier molecular flexibility index (Phi) is 4.10. The van der Waals surface area contributed by atoms with E-state index in [9.17, 15) is 5.11 Å². The molecule has 1 aromatic heterocycles. The van der Waals surface area contributed by atoms with E-state index in [1.165, 1.54) is 0 Å². The second-order valence-electron chi connectivity index (χ2n) is 3.64. The lowest BCUT2D eigenvalue weighted by molar-refractivity contribution is 0.192. The van der Waals surface area contributed by atoms with Gasteiger partial charge in [0.05, 0.1) is 18.3 Å². The summed E-state index contributed by atoms with van der Waals surface area (Å²) in [5.74, 6) is 0. The highest BCUT2D eigenvalue weighted by Gasteiger charge is 2.18. The molecule has 0 spiro atoms. The van der Waals surface area contributed by atoms with Gasteiger partial charge in [0.25, 0.3) is 0 Å². The average molecular weight is 197 g/mol. The number of aliphatic hydroxyl groups excluding tert-OH is 1. The zero-order valence-corrected chi connectivity index (χ0v) is 8.85. The summed E-state index contributed by atoms with van der Waals surface area (Å²) in [5, 5.41) is 13.5. The monoisotopic (exact) mass is 197 g/mol. The first kappa shape index (κ1) is 11.2. The van der Waals surface area contributed by atoms with Crippen molar-refractivity contribution in [2.45, 2.75) is 38.8 Å². The molecule has 80 valence electrons.